The Kier molecular flexibility index (Phi) is 6.73. The molecule has 0 fully saturated rings. The summed E-state index contributed by atoms with van der Waals surface area (Å²) < 4.78 is 39.0. The molecule has 3 aromatic rings. The van der Waals surface area contributed by atoms with Crippen LogP contribution in [0.3, 0.4) is 0 Å². The Morgan fingerprint density at radius 1 is 1.13 bits per heavy atom. The van der Waals surface area contributed by atoms with Gasteiger partial charge in [0.1, 0.15) is 0 Å². The van der Waals surface area contributed by atoms with Crippen molar-refractivity contribution in [2.45, 2.75) is 32.6 Å². The molecule has 0 amide bonds. The lowest BCUT2D eigenvalue weighted by molar-refractivity contribution is 0.248. The van der Waals surface area contributed by atoms with Crippen molar-refractivity contribution in [3.8, 4) is 22.9 Å². The smallest absolute Gasteiger partial charge is 0.269 e. The first-order valence-corrected chi connectivity index (χ1v) is 11.5. The van der Waals surface area contributed by atoms with Gasteiger partial charge in [0.15, 0.2) is 17.3 Å². The third kappa shape index (κ3) is 4.63. The van der Waals surface area contributed by atoms with E-state index in [2.05, 4.69) is 4.98 Å². The van der Waals surface area contributed by atoms with Gasteiger partial charge in [-0.25, -0.2) is 17.4 Å². The SMILES string of the molecule is CCOc1cc(-c2nccn2S(=O)(=O)c2ccc(C)cc2)cc(Cl)c1OCC(C)C. The normalized spacial score (nSPS) is 11.7. The number of ether oxygens (including phenoxy) is 2. The summed E-state index contributed by atoms with van der Waals surface area (Å²) in [4.78, 5) is 4.45. The lowest BCUT2D eigenvalue weighted by Crippen LogP contribution is -2.13. The molecule has 0 saturated heterocycles. The van der Waals surface area contributed by atoms with Crippen LogP contribution in [0.15, 0.2) is 53.7 Å². The van der Waals surface area contributed by atoms with E-state index in [1.807, 2.05) is 27.7 Å². The summed E-state index contributed by atoms with van der Waals surface area (Å²) in [5, 5.41) is 0.332. The average Bonchev–Trinajstić information content (AvgIpc) is 3.18. The van der Waals surface area contributed by atoms with Gasteiger partial charge in [0, 0.05) is 18.0 Å². The maximum Gasteiger partial charge on any atom is 0.269 e. The van der Waals surface area contributed by atoms with Crippen LogP contribution in [0.2, 0.25) is 5.02 Å². The molecular weight excluding hydrogens is 424 g/mol. The fourth-order valence-corrected chi connectivity index (χ4v) is 4.43. The standard InChI is InChI=1S/C22H25ClN2O4S/c1-5-28-20-13-17(12-19(23)21(20)29-14-15(2)3)22-24-10-11-25(22)30(26,27)18-8-6-16(4)7-9-18/h6-13,15H,5,14H2,1-4H3. The summed E-state index contributed by atoms with van der Waals surface area (Å²) >= 11 is 6.48. The Morgan fingerprint density at radius 2 is 1.83 bits per heavy atom. The van der Waals surface area contributed by atoms with Crippen LogP contribution in [0.1, 0.15) is 26.3 Å². The molecule has 30 heavy (non-hydrogen) atoms. The largest absolute Gasteiger partial charge is 0.490 e. The molecule has 0 radical (unpaired) electrons. The minimum atomic E-state index is -3.82. The van der Waals surface area contributed by atoms with Crippen LogP contribution in [-0.2, 0) is 10.0 Å². The topological polar surface area (TPSA) is 70.4 Å². The summed E-state index contributed by atoms with van der Waals surface area (Å²) in [7, 11) is -3.82. The van der Waals surface area contributed by atoms with Gasteiger partial charge in [0.05, 0.1) is 23.1 Å². The zero-order valence-corrected chi connectivity index (χ0v) is 19.0. The van der Waals surface area contributed by atoms with Gasteiger partial charge in [-0.1, -0.05) is 43.1 Å². The van der Waals surface area contributed by atoms with E-state index in [1.165, 1.54) is 12.4 Å². The van der Waals surface area contributed by atoms with Crippen LogP contribution in [0.4, 0.5) is 0 Å². The zero-order valence-electron chi connectivity index (χ0n) is 17.4. The Bertz CT molecular complexity index is 1120. The van der Waals surface area contributed by atoms with Crippen molar-refractivity contribution in [3.63, 3.8) is 0 Å². The molecule has 0 bridgehead atoms. The Balaban J connectivity index is 2.07. The van der Waals surface area contributed by atoms with E-state index < -0.39 is 10.0 Å². The van der Waals surface area contributed by atoms with Crippen LogP contribution in [0.25, 0.3) is 11.4 Å². The van der Waals surface area contributed by atoms with Gasteiger partial charge in [0.2, 0.25) is 0 Å². The minimum Gasteiger partial charge on any atom is -0.490 e. The maximum atomic E-state index is 13.2. The Morgan fingerprint density at radius 3 is 2.47 bits per heavy atom. The summed E-state index contributed by atoms with van der Waals surface area (Å²) in [6.45, 7) is 8.73. The lowest BCUT2D eigenvalue weighted by atomic mass is 10.2. The highest BCUT2D eigenvalue weighted by molar-refractivity contribution is 7.90. The van der Waals surface area contributed by atoms with Crippen molar-refractivity contribution in [1.29, 1.82) is 0 Å². The molecule has 0 atom stereocenters. The number of benzene rings is 2. The summed E-state index contributed by atoms with van der Waals surface area (Å²) in [5.74, 6) is 1.45. The van der Waals surface area contributed by atoms with E-state index >= 15 is 0 Å². The number of aromatic nitrogens is 2. The molecule has 0 aliphatic rings. The van der Waals surface area contributed by atoms with Crippen molar-refractivity contribution in [3.05, 3.63) is 59.4 Å². The molecule has 3 rings (SSSR count). The van der Waals surface area contributed by atoms with Crippen LogP contribution in [0.5, 0.6) is 11.5 Å². The number of hydrogen-bond donors (Lipinski definition) is 0. The van der Waals surface area contributed by atoms with Crippen LogP contribution >= 0.6 is 11.6 Å². The average molecular weight is 449 g/mol. The van der Waals surface area contributed by atoms with E-state index in [0.717, 1.165) is 9.54 Å². The zero-order chi connectivity index (χ0) is 21.9. The summed E-state index contributed by atoms with van der Waals surface area (Å²) in [6.07, 6.45) is 2.86. The van der Waals surface area contributed by atoms with Crippen molar-refractivity contribution < 1.29 is 17.9 Å². The predicted octanol–water partition coefficient (Wildman–Crippen LogP) is 5.18. The van der Waals surface area contributed by atoms with Crippen molar-refractivity contribution in [1.82, 2.24) is 8.96 Å². The van der Waals surface area contributed by atoms with Crippen molar-refractivity contribution in [2.24, 2.45) is 5.92 Å². The first-order chi connectivity index (χ1) is 14.2. The molecule has 0 saturated carbocycles. The lowest BCUT2D eigenvalue weighted by Gasteiger charge is -2.17. The fraction of sp³-hybridized carbons (Fsp3) is 0.318. The molecule has 0 aliphatic carbocycles. The number of nitrogens with zero attached hydrogens (tertiary/aromatic N) is 2. The van der Waals surface area contributed by atoms with Crippen molar-refractivity contribution >= 4 is 21.6 Å². The number of rotatable bonds is 8. The first kappa shape index (κ1) is 22.2. The second-order valence-corrected chi connectivity index (χ2v) is 9.51. The van der Waals surface area contributed by atoms with Crippen LogP contribution in [0, 0.1) is 12.8 Å². The maximum absolute atomic E-state index is 13.2. The quantitative estimate of drug-likeness (QED) is 0.474. The van der Waals surface area contributed by atoms with Gasteiger partial charge in [-0.05, 0) is 44.0 Å². The first-order valence-electron chi connectivity index (χ1n) is 9.69. The number of halogens is 1. The number of imidazole rings is 1. The van der Waals surface area contributed by atoms with Gasteiger partial charge < -0.3 is 9.47 Å². The molecule has 1 heterocycles. The third-order valence-corrected chi connectivity index (χ3v) is 6.28. The Labute approximate surface area is 182 Å². The van der Waals surface area contributed by atoms with E-state index in [9.17, 15) is 8.42 Å². The van der Waals surface area contributed by atoms with Gasteiger partial charge >= 0.3 is 0 Å². The predicted molar refractivity (Wildman–Crippen MR) is 118 cm³/mol. The van der Waals surface area contributed by atoms with E-state index in [-0.39, 0.29) is 10.7 Å². The van der Waals surface area contributed by atoms with Crippen molar-refractivity contribution in [2.75, 3.05) is 13.2 Å². The highest BCUT2D eigenvalue weighted by atomic mass is 35.5. The van der Waals surface area contributed by atoms with Crippen LogP contribution < -0.4 is 9.47 Å². The molecular formula is C22H25ClN2O4S. The van der Waals surface area contributed by atoms with E-state index in [1.54, 1.807) is 36.4 Å². The molecule has 0 spiro atoms. The fourth-order valence-electron chi connectivity index (χ4n) is 2.86. The molecule has 0 N–H and O–H groups in total. The highest BCUT2D eigenvalue weighted by Gasteiger charge is 2.23. The number of hydrogen-bond acceptors (Lipinski definition) is 5. The molecule has 8 heteroatoms. The third-order valence-electron chi connectivity index (χ3n) is 4.31. The van der Waals surface area contributed by atoms with E-state index in [4.69, 9.17) is 21.1 Å². The van der Waals surface area contributed by atoms with E-state index in [0.29, 0.717) is 41.2 Å². The molecule has 6 nitrogen and oxygen atoms in total. The minimum absolute atomic E-state index is 0.181. The molecule has 0 unspecified atom stereocenters. The van der Waals surface area contributed by atoms with Gasteiger partial charge in [-0.15, -0.1) is 0 Å². The van der Waals surface area contributed by atoms with Gasteiger partial charge in [0.25, 0.3) is 10.0 Å². The highest BCUT2D eigenvalue weighted by Crippen LogP contribution is 2.40. The van der Waals surface area contributed by atoms with Gasteiger partial charge in [-0.3, -0.25) is 0 Å². The molecule has 0 aliphatic heterocycles. The molecule has 2 aromatic carbocycles. The second kappa shape index (κ2) is 9.10. The number of aryl methyl sites for hydroxylation is 1. The molecule has 1 aromatic heterocycles. The monoisotopic (exact) mass is 448 g/mol. The molecule has 160 valence electrons. The second-order valence-electron chi connectivity index (χ2n) is 7.29. The van der Waals surface area contributed by atoms with Gasteiger partial charge in [-0.2, -0.15) is 0 Å². The Hall–Kier alpha value is -2.51. The summed E-state index contributed by atoms with van der Waals surface area (Å²) in [6, 6.07) is 10.0. The van der Waals surface area contributed by atoms with Crippen LogP contribution in [-0.4, -0.2) is 30.6 Å². The summed E-state index contributed by atoms with van der Waals surface area (Å²) in [5.41, 5.74) is 1.49.